The summed E-state index contributed by atoms with van der Waals surface area (Å²) in [6, 6.07) is 0. The predicted octanol–water partition coefficient (Wildman–Crippen LogP) is 0.935. The number of fused-ring (bicyclic) bond motifs is 1. The molecule has 2 aliphatic rings. The molecule has 3 unspecified atom stereocenters. The molecule has 2 heterocycles. The molecule has 1 saturated heterocycles. The summed E-state index contributed by atoms with van der Waals surface area (Å²) in [4.78, 5) is 2.55. The highest BCUT2D eigenvalue weighted by atomic mass is 32.1. The molecule has 3 atom stereocenters. The van der Waals surface area contributed by atoms with E-state index in [9.17, 15) is 5.11 Å². The van der Waals surface area contributed by atoms with Gasteiger partial charge in [0.05, 0.1) is 17.4 Å². The van der Waals surface area contributed by atoms with E-state index in [1.807, 2.05) is 13.8 Å². The maximum Gasteiger partial charge on any atom is 0.161 e. The SMILES string of the molecule is Cc1nnc(N2CC3CCC(O)C3C2)c(C(N)=S)c1C. The molecule has 0 aromatic carbocycles. The average Bonchev–Trinajstić information content (AvgIpc) is 2.95. The van der Waals surface area contributed by atoms with Crippen molar-refractivity contribution < 1.29 is 5.11 Å². The molecule has 0 radical (unpaired) electrons. The Kier molecular flexibility index (Phi) is 3.38. The van der Waals surface area contributed by atoms with Crippen LogP contribution in [0, 0.1) is 25.7 Å². The van der Waals surface area contributed by atoms with Crippen LogP contribution in [0.4, 0.5) is 5.82 Å². The lowest BCUT2D eigenvalue weighted by Crippen LogP contribution is -2.29. The highest BCUT2D eigenvalue weighted by Crippen LogP contribution is 2.40. The number of aliphatic hydroxyl groups excluding tert-OH is 1. The molecule has 1 aliphatic heterocycles. The summed E-state index contributed by atoms with van der Waals surface area (Å²) < 4.78 is 0. The molecule has 3 rings (SSSR count). The fourth-order valence-electron chi connectivity index (χ4n) is 3.52. The van der Waals surface area contributed by atoms with Crippen LogP contribution in [0.2, 0.25) is 0 Å². The Morgan fingerprint density at radius 2 is 2.05 bits per heavy atom. The van der Waals surface area contributed by atoms with Crippen molar-refractivity contribution in [3.05, 3.63) is 16.8 Å². The van der Waals surface area contributed by atoms with Crippen LogP contribution in [-0.2, 0) is 0 Å². The first-order chi connectivity index (χ1) is 9.49. The van der Waals surface area contributed by atoms with E-state index >= 15 is 0 Å². The summed E-state index contributed by atoms with van der Waals surface area (Å²) in [5.74, 6) is 1.67. The molecule has 0 spiro atoms. The minimum absolute atomic E-state index is 0.183. The third-order valence-corrected chi connectivity index (χ3v) is 5.01. The van der Waals surface area contributed by atoms with Gasteiger partial charge in [-0.2, -0.15) is 5.10 Å². The Bertz CT molecular complexity index is 562. The Balaban J connectivity index is 1.96. The summed E-state index contributed by atoms with van der Waals surface area (Å²) in [5.41, 5.74) is 8.58. The summed E-state index contributed by atoms with van der Waals surface area (Å²) >= 11 is 5.19. The van der Waals surface area contributed by atoms with Gasteiger partial charge in [-0.25, -0.2) is 0 Å². The molecule has 0 bridgehead atoms. The van der Waals surface area contributed by atoms with Crippen LogP contribution in [0.5, 0.6) is 0 Å². The zero-order valence-corrected chi connectivity index (χ0v) is 12.7. The van der Waals surface area contributed by atoms with Crippen molar-refractivity contribution >= 4 is 23.0 Å². The second-order valence-electron chi connectivity index (χ2n) is 5.95. The first-order valence-corrected chi connectivity index (χ1v) is 7.46. The van der Waals surface area contributed by atoms with Gasteiger partial charge in [-0.15, -0.1) is 5.10 Å². The van der Waals surface area contributed by atoms with Gasteiger partial charge >= 0.3 is 0 Å². The van der Waals surface area contributed by atoms with Gasteiger partial charge in [-0.3, -0.25) is 0 Å². The number of hydrogen-bond donors (Lipinski definition) is 2. The fourth-order valence-corrected chi connectivity index (χ4v) is 3.77. The summed E-state index contributed by atoms with van der Waals surface area (Å²) in [5, 5.41) is 18.6. The molecule has 0 amide bonds. The maximum absolute atomic E-state index is 10.0. The van der Waals surface area contributed by atoms with Gasteiger partial charge in [0.15, 0.2) is 5.82 Å². The molecule has 3 N–H and O–H groups in total. The van der Waals surface area contributed by atoms with Crippen LogP contribution in [0.1, 0.15) is 29.7 Å². The van der Waals surface area contributed by atoms with Crippen molar-refractivity contribution in [3.8, 4) is 0 Å². The molecule has 1 saturated carbocycles. The monoisotopic (exact) mass is 292 g/mol. The molecule has 5 nitrogen and oxygen atoms in total. The predicted molar refractivity (Wildman–Crippen MR) is 81.8 cm³/mol. The van der Waals surface area contributed by atoms with E-state index in [0.717, 1.165) is 48.6 Å². The van der Waals surface area contributed by atoms with E-state index in [2.05, 4.69) is 15.1 Å². The Labute approximate surface area is 124 Å². The number of aliphatic hydroxyl groups is 1. The van der Waals surface area contributed by atoms with Crippen molar-refractivity contribution in [2.45, 2.75) is 32.8 Å². The van der Waals surface area contributed by atoms with Gasteiger partial charge < -0.3 is 15.7 Å². The van der Waals surface area contributed by atoms with Gasteiger partial charge in [-0.05, 0) is 38.2 Å². The third-order valence-electron chi connectivity index (χ3n) is 4.80. The van der Waals surface area contributed by atoms with Crippen molar-refractivity contribution in [2.24, 2.45) is 17.6 Å². The van der Waals surface area contributed by atoms with E-state index in [1.165, 1.54) is 0 Å². The number of anilines is 1. The van der Waals surface area contributed by atoms with Gasteiger partial charge in [0, 0.05) is 19.0 Å². The minimum atomic E-state index is -0.183. The van der Waals surface area contributed by atoms with E-state index in [0.29, 0.717) is 16.8 Å². The number of rotatable bonds is 2. The van der Waals surface area contributed by atoms with Crippen LogP contribution in [0.15, 0.2) is 0 Å². The maximum atomic E-state index is 10.0. The highest BCUT2D eigenvalue weighted by Gasteiger charge is 2.43. The smallest absolute Gasteiger partial charge is 0.161 e. The lowest BCUT2D eigenvalue weighted by Gasteiger charge is -2.22. The van der Waals surface area contributed by atoms with Gasteiger partial charge in [-0.1, -0.05) is 12.2 Å². The standard InChI is InChI=1S/C14H20N4OS/c1-7-8(2)16-17-14(12(7)13(15)20)18-5-9-3-4-11(19)10(9)6-18/h9-11,19H,3-6H2,1-2H3,(H2,15,20). The lowest BCUT2D eigenvalue weighted by molar-refractivity contribution is 0.133. The van der Waals surface area contributed by atoms with Gasteiger partial charge in [0.25, 0.3) is 0 Å². The largest absolute Gasteiger partial charge is 0.393 e. The van der Waals surface area contributed by atoms with Gasteiger partial charge in [0.1, 0.15) is 4.99 Å². The lowest BCUT2D eigenvalue weighted by atomic mass is 10.00. The van der Waals surface area contributed by atoms with Crippen LogP contribution in [0.3, 0.4) is 0 Å². The molecule has 1 aliphatic carbocycles. The quantitative estimate of drug-likeness (QED) is 0.790. The summed E-state index contributed by atoms with van der Waals surface area (Å²) in [7, 11) is 0. The van der Waals surface area contributed by atoms with Crippen molar-refractivity contribution in [2.75, 3.05) is 18.0 Å². The molecular weight excluding hydrogens is 272 g/mol. The molecule has 108 valence electrons. The fraction of sp³-hybridized carbons (Fsp3) is 0.643. The van der Waals surface area contributed by atoms with Crippen molar-refractivity contribution in [3.63, 3.8) is 0 Å². The van der Waals surface area contributed by atoms with E-state index in [1.54, 1.807) is 0 Å². The van der Waals surface area contributed by atoms with Crippen LogP contribution in [-0.4, -0.2) is 39.5 Å². The summed E-state index contributed by atoms with van der Waals surface area (Å²) in [6.07, 6.45) is 1.82. The Hall–Kier alpha value is -1.27. The number of nitrogens with two attached hydrogens (primary N) is 1. The average molecular weight is 292 g/mol. The summed E-state index contributed by atoms with van der Waals surface area (Å²) in [6.45, 7) is 5.62. The van der Waals surface area contributed by atoms with E-state index < -0.39 is 0 Å². The molecule has 6 heteroatoms. The zero-order chi connectivity index (χ0) is 14.4. The Morgan fingerprint density at radius 3 is 2.70 bits per heavy atom. The first-order valence-electron chi connectivity index (χ1n) is 7.05. The Morgan fingerprint density at radius 1 is 1.30 bits per heavy atom. The molecule has 2 fully saturated rings. The zero-order valence-electron chi connectivity index (χ0n) is 11.8. The number of nitrogens with zero attached hydrogens (tertiary/aromatic N) is 3. The highest BCUT2D eigenvalue weighted by molar-refractivity contribution is 7.80. The van der Waals surface area contributed by atoms with E-state index in [-0.39, 0.29) is 6.10 Å². The van der Waals surface area contributed by atoms with Crippen LogP contribution < -0.4 is 10.6 Å². The van der Waals surface area contributed by atoms with Gasteiger partial charge in [0.2, 0.25) is 0 Å². The number of aryl methyl sites for hydroxylation is 1. The first kappa shape index (κ1) is 13.7. The number of hydrogen-bond acceptors (Lipinski definition) is 5. The normalized spacial score (nSPS) is 28.8. The second kappa shape index (κ2) is 4.93. The molecule has 1 aromatic rings. The second-order valence-corrected chi connectivity index (χ2v) is 6.39. The molecule has 20 heavy (non-hydrogen) atoms. The third kappa shape index (κ3) is 2.07. The van der Waals surface area contributed by atoms with E-state index in [4.69, 9.17) is 18.0 Å². The van der Waals surface area contributed by atoms with Crippen molar-refractivity contribution in [1.82, 2.24) is 10.2 Å². The van der Waals surface area contributed by atoms with Crippen molar-refractivity contribution in [1.29, 1.82) is 0 Å². The molecule has 1 aromatic heterocycles. The number of aromatic nitrogens is 2. The van der Waals surface area contributed by atoms with Crippen LogP contribution >= 0.6 is 12.2 Å². The minimum Gasteiger partial charge on any atom is -0.393 e. The van der Waals surface area contributed by atoms with Crippen LogP contribution in [0.25, 0.3) is 0 Å². The molecular formula is C14H20N4OS. The number of thiocarbonyl (C=S) groups is 1. The topological polar surface area (TPSA) is 75.3 Å².